The van der Waals surface area contributed by atoms with Crippen molar-refractivity contribution in [1.29, 1.82) is 0 Å². The quantitative estimate of drug-likeness (QED) is 0.423. The van der Waals surface area contributed by atoms with Crippen molar-refractivity contribution in [2.24, 2.45) is 0 Å². The second-order valence-electron chi connectivity index (χ2n) is 0. The molecule has 0 aromatic rings. The Bertz CT molecular complexity index is 8.00. The van der Waals surface area contributed by atoms with Crippen LogP contribution in [0.2, 0.25) is 0 Å². The molecule has 0 rings (SSSR count). The molecule has 0 aliphatic rings. The Morgan fingerprint density at radius 1 is 1.25 bits per heavy atom. The van der Waals surface area contributed by atoms with Crippen molar-refractivity contribution in [3.63, 3.8) is 0 Å². The molecule has 0 N–H and O–H groups in total. The van der Waals surface area contributed by atoms with Crippen LogP contribution in [-0.4, -0.2) is 48.9 Å². The van der Waals surface area contributed by atoms with E-state index in [1.165, 1.54) is 0 Å². The van der Waals surface area contributed by atoms with Crippen LogP contribution in [-0.2, 0) is 0 Å². The molecule has 0 spiro atoms. The van der Waals surface area contributed by atoms with Crippen LogP contribution in [0.3, 0.4) is 0 Å². The molecule has 4 heteroatoms. The fourth-order valence-corrected chi connectivity index (χ4v) is 0. The Balaban J connectivity index is -0.00000000500. The predicted octanol–water partition coefficient (Wildman–Crippen LogP) is 0.787. The van der Waals surface area contributed by atoms with Gasteiger partial charge in [0, 0.05) is 48.9 Å². The van der Waals surface area contributed by atoms with E-state index in [4.69, 9.17) is 3.98 Å². The first-order valence-electron chi connectivity index (χ1n) is 0.143. The largest absolute Gasteiger partial charge is 0.153 e. The summed E-state index contributed by atoms with van der Waals surface area (Å²) in [7, 11) is 0. The molecule has 0 bridgehead atoms. The Kier molecular flexibility index (Phi) is 77.0. The van der Waals surface area contributed by atoms with Crippen molar-refractivity contribution >= 4 is 70.7 Å². The van der Waals surface area contributed by atoms with Crippen LogP contribution in [0.1, 0.15) is 0 Å². The van der Waals surface area contributed by atoms with Crippen LogP contribution in [0, 0.1) is 0 Å². The number of halogens is 2. The van der Waals surface area contributed by atoms with Crippen LogP contribution >= 0.6 is 21.9 Å². The van der Waals surface area contributed by atoms with E-state index in [0.717, 1.165) is 0 Å². The van der Waals surface area contributed by atoms with Gasteiger partial charge in [-0.3, -0.25) is 0 Å². The minimum atomic E-state index is 0. The van der Waals surface area contributed by atoms with Crippen LogP contribution in [0.25, 0.3) is 0 Å². The van der Waals surface area contributed by atoms with Crippen molar-refractivity contribution in [1.82, 2.24) is 0 Å². The molecule has 0 nitrogen and oxygen atoms in total. The van der Waals surface area contributed by atoms with Gasteiger partial charge in [-0.15, -0.1) is 3.98 Å². The van der Waals surface area contributed by atoms with Gasteiger partial charge in [0.2, 0.25) is 0 Å². The molecule has 0 heterocycles. The maximum atomic E-state index is 8.97. The molecular weight excluding hydrogens is 223 g/mol. The smallest absolute Gasteiger partial charge is 0.116 e. The van der Waals surface area contributed by atoms with Gasteiger partial charge < -0.3 is 0 Å². The first kappa shape index (κ1) is 16.3. The van der Waals surface area contributed by atoms with E-state index in [0.29, 0.717) is 0 Å². The van der Waals surface area contributed by atoms with Gasteiger partial charge in [0.05, 0.1) is 0 Å². The van der Waals surface area contributed by atoms with Gasteiger partial charge in [-0.25, -0.2) is 0 Å². The number of hydrogen-bond acceptors (Lipinski definition) is 0. The summed E-state index contributed by atoms with van der Waals surface area (Å²) in [6.07, 6.45) is 0. The second kappa shape index (κ2) is 18.9. The van der Waals surface area contributed by atoms with Gasteiger partial charge in [-0.05, 0) is 0 Å². The topological polar surface area (TPSA) is 0 Å². The third-order valence-electron chi connectivity index (χ3n) is 0. The van der Waals surface area contributed by atoms with E-state index in [1.807, 2.05) is 0 Å². The van der Waals surface area contributed by atoms with Gasteiger partial charge in [0.1, 0.15) is 12.0 Å². The minimum absolute atomic E-state index is 0. The van der Waals surface area contributed by atoms with Crippen molar-refractivity contribution in [2.75, 3.05) is 0 Å². The summed E-state index contributed by atoms with van der Waals surface area (Å²) in [4.78, 5) is 0. The standard InChI is InChI=1S/Ba.ClF.H3P/c;1-2;/h;;1H3. The third-order valence-corrected chi connectivity index (χ3v) is 0. The van der Waals surface area contributed by atoms with Gasteiger partial charge in [-0.2, -0.15) is 9.90 Å². The molecule has 0 aliphatic carbocycles. The summed E-state index contributed by atoms with van der Waals surface area (Å²) in [5.41, 5.74) is 0. The van der Waals surface area contributed by atoms with Crippen LogP contribution in [0.4, 0.5) is 3.98 Å². The average molecular weight is 226 g/mol. The monoisotopic (exact) mass is 226 g/mol. The summed E-state index contributed by atoms with van der Waals surface area (Å²) >= 11 is 3.14. The molecule has 0 aromatic heterocycles. The summed E-state index contributed by atoms with van der Waals surface area (Å²) in [5, 5.41) is 0. The molecule has 2 radical (unpaired) electrons. The molecular formula is H3BaClFP. The Hall–Kier alpha value is 2.22. The van der Waals surface area contributed by atoms with E-state index >= 15 is 0 Å². The number of hydrogen-bond donors (Lipinski definition) is 0. The average Bonchev–Trinajstić information content (AvgIpc) is 1.00. The van der Waals surface area contributed by atoms with Crippen LogP contribution in [0.5, 0.6) is 0 Å². The molecule has 24 valence electrons. The van der Waals surface area contributed by atoms with Crippen molar-refractivity contribution in [3.8, 4) is 0 Å². The minimum Gasteiger partial charge on any atom is -0.153 e. The third kappa shape index (κ3) is 8.88. The van der Waals surface area contributed by atoms with E-state index in [2.05, 4.69) is 12.0 Å². The fraction of sp³-hybridized carbons (Fsp3) is 0. The molecule has 0 aromatic carbocycles. The van der Waals surface area contributed by atoms with E-state index in [1.54, 1.807) is 0 Å². The van der Waals surface area contributed by atoms with Gasteiger partial charge in [0.25, 0.3) is 0 Å². The van der Waals surface area contributed by atoms with Crippen molar-refractivity contribution in [2.45, 2.75) is 0 Å². The van der Waals surface area contributed by atoms with E-state index in [9.17, 15) is 0 Å². The van der Waals surface area contributed by atoms with E-state index < -0.39 is 0 Å². The molecule has 0 aliphatic heterocycles. The van der Waals surface area contributed by atoms with Crippen molar-refractivity contribution < 1.29 is 3.98 Å². The second-order valence-corrected chi connectivity index (χ2v) is 0. The summed E-state index contributed by atoms with van der Waals surface area (Å²) < 4.78 is 8.97. The maximum Gasteiger partial charge on any atom is 0.116 e. The predicted molar refractivity (Wildman–Crippen MR) is 23.8 cm³/mol. The summed E-state index contributed by atoms with van der Waals surface area (Å²) in [6, 6.07) is 0. The summed E-state index contributed by atoms with van der Waals surface area (Å²) in [5.74, 6) is 0. The van der Waals surface area contributed by atoms with E-state index in [-0.39, 0.29) is 58.8 Å². The Labute approximate surface area is 73.4 Å². The Morgan fingerprint density at radius 3 is 1.25 bits per heavy atom. The zero-order valence-corrected chi connectivity index (χ0v) is 8.78. The van der Waals surface area contributed by atoms with Gasteiger partial charge in [-0.1, -0.05) is 0 Å². The molecule has 0 saturated heterocycles. The molecule has 4 heavy (non-hydrogen) atoms. The SMILES string of the molecule is FCl.P.[Ba]. The fourth-order valence-electron chi connectivity index (χ4n) is 0. The normalized spacial score (nSPS) is 1.50. The first-order valence-corrected chi connectivity index (χ1v) is 0.429. The van der Waals surface area contributed by atoms with Gasteiger partial charge >= 0.3 is 0 Å². The molecule has 0 fully saturated rings. The number of rotatable bonds is 0. The summed E-state index contributed by atoms with van der Waals surface area (Å²) in [6.45, 7) is 0. The van der Waals surface area contributed by atoms with Gasteiger partial charge in [0.15, 0.2) is 0 Å². The molecule has 0 amide bonds. The van der Waals surface area contributed by atoms with Crippen LogP contribution < -0.4 is 0 Å². The molecule has 1 atom stereocenters. The van der Waals surface area contributed by atoms with Crippen molar-refractivity contribution in [3.05, 3.63) is 0 Å². The molecule has 1 unspecified atom stereocenters. The maximum absolute atomic E-state index is 8.97. The Morgan fingerprint density at radius 2 is 1.25 bits per heavy atom. The molecule has 0 saturated carbocycles. The zero-order chi connectivity index (χ0) is 2.00. The zero-order valence-electron chi connectivity index (χ0n) is 2.17. The van der Waals surface area contributed by atoms with Crippen LogP contribution in [0.15, 0.2) is 0 Å². The first-order chi connectivity index (χ1) is 1.00.